The van der Waals surface area contributed by atoms with Gasteiger partial charge in [0.1, 0.15) is 11.4 Å². The Labute approximate surface area is 192 Å². The Hall–Kier alpha value is -3.70. The highest BCUT2D eigenvalue weighted by molar-refractivity contribution is 5.98. The third-order valence-corrected chi connectivity index (χ3v) is 6.54. The maximum absolute atomic E-state index is 13.3. The van der Waals surface area contributed by atoms with Gasteiger partial charge in [-0.05, 0) is 49.6 Å². The van der Waals surface area contributed by atoms with Crippen LogP contribution in [0, 0.1) is 17.1 Å². The van der Waals surface area contributed by atoms with Gasteiger partial charge in [-0.3, -0.25) is 14.4 Å². The van der Waals surface area contributed by atoms with E-state index in [9.17, 15) is 14.4 Å². The average Bonchev–Trinajstić information content (AvgIpc) is 3.26. The van der Waals surface area contributed by atoms with E-state index >= 15 is 0 Å². The summed E-state index contributed by atoms with van der Waals surface area (Å²) in [7, 11) is 0. The second-order valence-corrected chi connectivity index (χ2v) is 8.51. The van der Waals surface area contributed by atoms with Crippen molar-refractivity contribution in [2.45, 2.75) is 37.8 Å². The minimum atomic E-state index is -0.617. The molecule has 1 aliphatic heterocycles. The molecule has 170 valence electrons. The van der Waals surface area contributed by atoms with E-state index in [1.165, 1.54) is 17.7 Å². The topological polar surface area (TPSA) is 100.0 Å². The molecule has 1 unspecified atom stereocenters. The van der Waals surface area contributed by atoms with Crippen molar-refractivity contribution in [3.63, 3.8) is 0 Å². The molecule has 3 N–H and O–H groups in total. The summed E-state index contributed by atoms with van der Waals surface area (Å²) in [5, 5.41) is 17.3. The van der Waals surface area contributed by atoms with Crippen LogP contribution in [-0.4, -0.2) is 33.7 Å². The van der Waals surface area contributed by atoms with Gasteiger partial charge in [-0.25, -0.2) is 4.39 Å². The zero-order chi connectivity index (χ0) is 23.4. The third kappa shape index (κ3) is 4.73. The number of carbonyl (C=O) groups excluding carboxylic acids is 1. The molecular weight excluding hydrogens is 419 g/mol. The highest BCUT2D eigenvalue weighted by Crippen LogP contribution is 2.37. The van der Waals surface area contributed by atoms with Gasteiger partial charge in [-0.15, -0.1) is 0 Å². The van der Waals surface area contributed by atoms with Gasteiger partial charge < -0.3 is 11.1 Å². The number of nitrogens with one attached hydrogen (secondary N) is 1. The molecule has 3 aromatic rings. The number of amides is 1. The van der Waals surface area contributed by atoms with Crippen LogP contribution in [0.15, 0.2) is 60.8 Å². The number of rotatable bonds is 7. The number of aromatic nitrogens is 2. The largest absolute Gasteiger partial charge is 0.365 e. The number of nitriles is 1. The van der Waals surface area contributed by atoms with E-state index in [1.54, 1.807) is 23.0 Å². The van der Waals surface area contributed by atoms with Crippen LogP contribution in [0.4, 0.5) is 15.9 Å². The van der Waals surface area contributed by atoms with Crippen LogP contribution < -0.4 is 11.1 Å². The van der Waals surface area contributed by atoms with E-state index in [-0.39, 0.29) is 23.8 Å². The Morgan fingerprint density at radius 1 is 1.21 bits per heavy atom. The molecule has 33 heavy (non-hydrogen) atoms. The number of carbonyl (C=O) groups is 1. The molecule has 0 aliphatic carbocycles. The summed E-state index contributed by atoms with van der Waals surface area (Å²) in [5.74, 6) is -0.676. The van der Waals surface area contributed by atoms with E-state index in [4.69, 9.17) is 5.73 Å². The predicted molar refractivity (Wildman–Crippen MR) is 124 cm³/mol. The predicted octanol–water partition coefficient (Wildman–Crippen LogP) is 4.33. The van der Waals surface area contributed by atoms with Gasteiger partial charge in [0.15, 0.2) is 5.82 Å². The van der Waals surface area contributed by atoms with Crippen LogP contribution in [0.25, 0.3) is 0 Å². The molecule has 1 aromatic heterocycles. The van der Waals surface area contributed by atoms with Crippen molar-refractivity contribution in [1.29, 1.82) is 5.26 Å². The zero-order valence-corrected chi connectivity index (χ0v) is 18.5. The lowest BCUT2D eigenvalue weighted by Gasteiger charge is -2.43. The summed E-state index contributed by atoms with van der Waals surface area (Å²) in [6.45, 7) is 3.78. The molecule has 1 amide bonds. The van der Waals surface area contributed by atoms with E-state index in [0.29, 0.717) is 24.3 Å². The Kier molecular flexibility index (Phi) is 6.43. The monoisotopic (exact) mass is 446 g/mol. The Morgan fingerprint density at radius 2 is 1.88 bits per heavy atom. The number of piperidine rings is 1. The molecule has 2 heterocycles. The molecule has 2 aromatic carbocycles. The number of halogens is 1. The molecule has 0 spiro atoms. The molecule has 0 saturated carbocycles. The molecule has 8 heteroatoms. The molecule has 1 fully saturated rings. The van der Waals surface area contributed by atoms with Crippen LogP contribution in [0.5, 0.6) is 0 Å². The summed E-state index contributed by atoms with van der Waals surface area (Å²) in [4.78, 5) is 14.5. The van der Waals surface area contributed by atoms with Crippen LogP contribution in [0.2, 0.25) is 0 Å². The van der Waals surface area contributed by atoms with Gasteiger partial charge in [-0.2, -0.15) is 10.4 Å². The molecule has 1 atom stereocenters. The molecule has 7 nitrogen and oxygen atoms in total. The number of nitrogens with two attached hydrogens (primary N) is 1. The second-order valence-electron chi connectivity index (χ2n) is 8.51. The molecule has 4 rings (SSSR count). The van der Waals surface area contributed by atoms with Crippen molar-refractivity contribution in [2.75, 3.05) is 18.4 Å². The first-order valence-corrected chi connectivity index (χ1v) is 11.0. The maximum Gasteiger partial charge on any atom is 0.254 e. The highest BCUT2D eigenvalue weighted by atomic mass is 19.1. The number of benzene rings is 2. The fraction of sp³-hybridized carbons (Fsp3) is 0.320. The highest BCUT2D eigenvalue weighted by Gasteiger charge is 2.39. The van der Waals surface area contributed by atoms with Crippen LogP contribution >= 0.6 is 0 Å². The molecule has 0 bridgehead atoms. The number of likely N-dealkylation sites (tertiary alicyclic amines) is 1. The van der Waals surface area contributed by atoms with E-state index < -0.39 is 11.4 Å². The van der Waals surface area contributed by atoms with Crippen LogP contribution in [0.3, 0.4) is 0 Å². The lowest BCUT2D eigenvalue weighted by molar-refractivity contribution is 0.0774. The first kappa shape index (κ1) is 22.5. The number of nitrogens with zero attached hydrogens (tertiary/aromatic N) is 4. The lowest BCUT2D eigenvalue weighted by atomic mass is 9.84. The van der Waals surface area contributed by atoms with Crippen LogP contribution in [-0.2, 0) is 5.54 Å². The Bertz CT molecular complexity index is 1140. The zero-order valence-electron chi connectivity index (χ0n) is 18.5. The van der Waals surface area contributed by atoms with Gasteiger partial charge in [0.05, 0.1) is 18.0 Å². The first-order valence-electron chi connectivity index (χ1n) is 11.0. The normalized spacial score (nSPS) is 16.6. The third-order valence-electron chi connectivity index (χ3n) is 6.54. The van der Waals surface area contributed by atoms with Gasteiger partial charge >= 0.3 is 0 Å². The Balaban J connectivity index is 1.58. The van der Waals surface area contributed by atoms with Crippen molar-refractivity contribution >= 4 is 17.4 Å². The van der Waals surface area contributed by atoms with Crippen molar-refractivity contribution in [1.82, 2.24) is 14.7 Å². The SMILES string of the molecule is CC(c1ccccc1)N1CCC(CC#N)(n2cc(C(N)=O)c(Nc3ccc(F)cc3)n2)CC1. The molecular formula is C25H27FN6O. The van der Waals surface area contributed by atoms with Gasteiger partial charge in [-0.1, -0.05) is 30.3 Å². The summed E-state index contributed by atoms with van der Waals surface area (Å²) < 4.78 is 15.0. The van der Waals surface area contributed by atoms with Crippen molar-refractivity contribution < 1.29 is 9.18 Å². The smallest absolute Gasteiger partial charge is 0.254 e. The van der Waals surface area contributed by atoms with E-state index in [2.05, 4.69) is 40.4 Å². The van der Waals surface area contributed by atoms with Gasteiger partial charge in [0.2, 0.25) is 0 Å². The van der Waals surface area contributed by atoms with Crippen molar-refractivity contribution in [2.24, 2.45) is 5.73 Å². The standard InChI is InChI=1S/C25H27FN6O/c1-18(19-5-3-2-4-6-19)31-15-12-25(11-14-27,13-16-31)32-17-22(23(28)33)24(30-32)29-21-9-7-20(26)8-10-21/h2-10,17-18H,11-13,15-16H2,1H3,(H2,28,33)(H,29,30). The maximum atomic E-state index is 13.3. The summed E-state index contributed by atoms with van der Waals surface area (Å²) in [5.41, 5.74) is 7.16. The molecule has 0 radical (unpaired) electrons. The lowest BCUT2D eigenvalue weighted by Crippen LogP contribution is -2.47. The number of hydrogen-bond donors (Lipinski definition) is 2. The number of primary amides is 1. The van der Waals surface area contributed by atoms with Crippen molar-refractivity contribution in [3.05, 3.63) is 77.7 Å². The fourth-order valence-electron chi connectivity index (χ4n) is 4.46. The first-order chi connectivity index (χ1) is 15.9. The minimum Gasteiger partial charge on any atom is -0.365 e. The van der Waals surface area contributed by atoms with E-state index in [1.807, 2.05) is 18.2 Å². The summed E-state index contributed by atoms with van der Waals surface area (Å²) in [6, 6.07) is 18.7. The quantitative estimate of drug-likeness (QED) is 0.563. The fourth-order valence-corrected chi connectivity index (χ4v) is 4.46. The molecule has 1 saturated heterocycles. The van der Waals surface area contributed by atoms with Gasteiger partial charge in [0.25, 0.3) is 5.91 Å². The number of anilines is 2. The minimum absolute atomic E-state index is 0.233. The number of hydrogen-bond acceptors (Lipinski definition) is 5. The Morgan fingerprint density at radius 3 is 2.48 bits per heavy atom. The summed E-state index contributed by atoms with van der Waals surface area (Å²) >= 11 is 0. The van der Waals surface area contributed by atoms with E-state index in [0.717, 1.165) is 13.1 Å². The molecule has 1 aliphatic rings. The average molecular weight is 447 g/mol. The summed E-state index contributed by atoms with van der Waals surface area (Å²) in [6.07, 6.45) is 3.33. The van der Waals surface area contributed by atoms with Crippen molar-refractivity contribution in [3.8, 4) is 6.07 Å². The van der Waals surface area contributed by atoms with Gasteiger partial charge in [0, 0.05) is 31.0 Å². The second kappa shape index (κ2) is 9.43. The van der Waals surface area contributed by atoms with Crippen LogP contribution in [0.1, 0.15) is 48.1 Å².